The Morgan fingerprint density at radius 2 is 2.11 bits per heavy atom. The van der Waals surface area contributed by atoms with Gasteiger partial charge in [0, 0.05) is 25.2 Å². The molecule has 1 fully saturated rings. The third kappa shape index (κ3) is 6.10. The number of carboxylic acid groups (broad SMARTS) is 1. The number of allylic oxidation sites excluding steroid dienone is 2. The van der Waals surface area contributed by atoms with Gasteiger partial charge in [0.15, 0.2) is 0 Å². The van der Waals surface area contributed by atoms with E-state index in [2.05, 4.69) is 12.2 Å². The van der Waals surface area contributed by atoms with Crippen molar-refractivity contribution in [3.8, 4) is 0 Å². The predicted molar refractivity (Wildman–Crippen MR) is 106 cm³/mol. The van der Waals surface area contributed by atoms with Gasteiger partial charge < -0.3 is 10.4 Å². The second-order valence-electron chi connectivity index (χ2n) is 6.32. The van der Waals surface area contributed by atoms with E-state index in [9.17, 15) is 19.5 Å². The molecule has 2 aliphatic rings. The number of nitrogens with one attached hydrogen (secondary N) is 1. The van der Waals surface area contributed by atoms with Gasteiger partial charge in [-0.1, -0.05) is 38.3 Å². The minimum Gasteiger partial charge on any atom is -0.477 e. The molecule has 0 bridgehead atoms. The van der Waals surface area contributed by atoms with Crippen molar-refractivity contribution in [3.63, 3.8) is 0 Å². The topological polar surface area (TPSA) is 86.7 Å². The molecular formula is C18H26N2O4RhS2. The van der Waals surface area contributed by atoms with E-state index < -0.39 is 12.0 Å². The maximum atomic E-state index is 12.4. The van der Waals surface area contributed by atoms with Crippen molar-refractivity contribution in [2.45, 2.75) is 50.4 Å². The largest absolute Gasteiger partial charge is 0.477 e. The third-order valence-corrected chi connectivity index (χ3v) is 6.19. The van der Waals surface area contributed by atoms with Crippen LogP contribution in [-0.4, -0.2) is 57.0 Å². The number of thioether (sulfide) groups is 2. The molecule has 2 heterocycles. The first-order valence-electron chi connectivity index (χ1n) is 8.87. The molecule has 0 aromatic heterocycles. The second-order valence-corrected chi connectivity index (χ2v) is 8.29. The molecule has 0 saturated carbocycles. The van der Waals surface area contributed by atoms with Gasteiger partial charge in [-0.15, -0.1) is 11.8 Å². The third-order valence-electron chi connectivity index (χ3n) is 4.34. The van der Waals surface area contributed by atoms with Crippen LogP contribution in [0, 0.1) is 0 Å². The smallest absolute Gasteiger partial charge is 0.352 e. The second kappa shape index (κ2) is 11.9. The average molecular weight is 501 g/mol. The van der Waals surface area contributed by atoms with Gasteiger partial charge >= 0.3 is 5.97 Å². The van der Waals surface area contributed by atoms with Gasteiger partial charge in [-0.2, -0.15) is 11.8 Å². The molecule has 0 spiro atoms. The van der Waals surface area contributed by atoms with Gasteiger partial charge in [-0.3, -0.25) is 14.5 Å². The molecule has 2 amide bonds. The summed E-state index contributed by atoms with van der Waals surface area (Å²) in [6.45, 7) is 2.16. The van der Waals surface area contributed by atoms with Crippen LogP contribution in [-0.2, 0) is 33.9 Å². The summed E-state index contributed by atoms with van der Waals surface area (Å²) in [6, 6.07) is -0.631. The zero-order valence-electron chi connectivity index (χ0n) is 15.5. The summed E-state index contributed by atoms with van der Waals surface area (Å²) >= 11 is 2.88. The maximum absolute atomic E-state index is 12.4. The van der Waals surface area contributed by atoms with Crippen LogP contribution in [0.25, 0.3) is 0 Å². The van der Waals surface area contributed by atoms with Crippen LogP contribution >= 0.6 is 23.5 Å². The molecule has 2 rings (SSSR count). The quantitative estimate of drug-likeness (QED) is 0.272. The van der Waals surface area contributed by atoms with Crippen molar-refractivity contribution in [1.82, 2.24) is 10.2 Å². The number of fused-ring (bicyclic) bond motifs is 1. The van der Waals surface area contributed by atoms with Crippen LogP contribution in [0.5, 0.6) is 0 Å². The number of rotatable bonds is 10. The normalized spacial score (nSPS) is 21.6. The molecule has 0 aliphatic carbocycles. The zero-order chi connectivity index (χ0) is 19.1. The summed E-state index contributed by atoms with van der Waals surface area (Å²) in [5.41, 5.74) is 0.718. The Hall–Kier alpha value is -0.787. The Bertz CT molecular complexity index is 624. The SMILES string of the molecule is CCCCCCC=CC1=C(C(=O)O)N2C(=O)C(NC(=O)CSC)[C@H]2SC1.[Rh]. The summed E-state index contributed by atoms with van der Waals surface area (Å²) in [7, 11) is 0. The summed E-state index contributed by atoms with van der Waals surface area (Å²) < 4.78 is 0. The van der Waals surface area contributed by atoms with Crippen LogP contribution in [0.15, 0.2) is 23.4 Å². The Labute approximate surface area is 181 Å². The number of hydrogen-bond donors (Lipinski definition) is 2. The van der Waals surface area contributed by atoms with Gasteiger partial charge in [0.2, 0.25) is 5.91 Å². The Morgan fingerprint density at radius 1 is 1.37 bits per heavy atom. The summed E-state index contributed by atoms with van der Waals surface area (Å²) in [6.07, 6.45) is 11.2. The number of carbonyl (C=O) groups excluding carboxylic acids is 2. The van der Waals surface area contributed by atoms with Crippen molar-refractivity contribution >= 4 is 41.3 Å². The Balaban J connectivity index is 0.00000364. The molecule has 2 N–H and O–H groups in total. The van der Waals surface area contributed by atoms with Crippen molar-refractivity contribution in [1.29, 1.82) is 0 Å². The minimum absolute atomic E-state index is 0. The zero-order valence-corrected chi connectivity index (χ0v) is 18.8. The van der Waals surface area contributed by atoms with Gasteiger partial charge in [-0.25, -0.2) is 4.79 Å². The van der Waals surface area contributed by atoms with Crippen LogP contribution in [0.4, 0.5) is 0 Å². The fourth-order valence-corrected chi connectivity index (χ4v) is 4.70. The number of carboxylic acids is 1. The molecule has 1 radical (unpaired) electrons. The molecule has 1 unspecified atom stereocenters. The molecule has 1 saturated heterocycles. The number of β-lactam (4-membered cyclic amide) rings is 1. The Morgan fingerprint density at radius 3 is 2.74 bits per heavy atom. The van der Waals surface area contributed by atoms with E-state index in [1.54, 1.807) is 0 Å². The van der Waals surface area contributed by atoms with E-state index in [0.29, 0.717) is 11.3 Å². The van der Waals surface area contributed by atoms with Crippen LogP contribution in [0.3, 0.4) is 0 Å². The number of unbranched alkanes of at least 4 members (excludes halogenated alkanes) is 4. The summed E-state index contributed by atoms with van der Waals surface area (Å²) in [5, 5.41) is 12.0. The molecular weight excluding hydrogens is 475 g/mol. The molecule has 0 aromatic carbocycles. The molecule has 0 aromatic rings. The number of carbonyl (C=O) groups is 3. The van der Waals surface area contributed by atoms with E-state index in [1.165, 1.54) is 47.7 Å². The maximum Gasteiger partial charge on any atom is 0.352 e. The van der Waals surface area contributed by atoms with E-state index in [-0.39, 0.29) is 48.1 Å². The van der Waals surface area contributed by atoms with E-state index in [4.69, 9.17) is 0 Å². The number of nitrogens with zero attached hydrogens (tertiary/aromatic N) is 1. The first-order valence-corrected chi connectivity index (χ1v) is 11.3. The van der Waals surface area contributed by atoms with Crippen molar-refractivity contribution < 1.29 is 39.0 Å². The van der Waals surface area contributed by atoms with Crippen molar-refractivity contribution in [3.05, 3.63) is 23.4 Å². The van der Waals surface area contributed by atoms with Gasteiger partial charge in [0.25, 0.3) is 5.91 Å². The fraction of sp³-hybridized carbons (Fsp3) is 0.611. The molecule has 6 nitrogen and oxygen atoms in total. The molecule has 27 heavy (non-hydrogen) atoms. The van der Waals surface area contributed by atoms with Crippen molar-refractivity contribution in [2.75, 3.05) is 17.8 Å². The first-order chi connectivity index (χ1) is 12.5. The monoisotopic (exact) mass is 501 g/mol. The van der Waals surface area contributed by atoms with Gasteiger partial charge in [0.05, 0.1) is 5.75 Å². The molecule has 2 atom stereocenters. The summed E-state index contributed by atoms with van der Waals surface area (Å²) in [5.74, 6) is -0.827. The fourth-order valence-electron chi connectivity index (χ4n) is 3.03. The van der Waals surface area contributed by atoms with Gasteiger partial charge in [0.1, 0.15) is 17.1 Å². The van der Waals surface area contributed by atoms with Crippen LogP contribution in [0.1, 0.15) is 39.0 Å². The molecule has 153 valence electrons. The van der Waals surface area contributed by atoms with Gasteiger partial charge in [-0.05, 0) is 24.7 Å². The Kier molecular flexibility index (Phi) is 10.7. The van der Waals surface area contributed by atoms with Crippen LogP contribution in [0.2, 0.25) is 0 Å². The van der Waals surface area contributed by atoms with E-state index in [0.717, 1.165) is 12.8 Å². The number of hydrogen-bond acceptors (Lipinski definition) is 5. The minimum atomic E-state index is -1.09. The van der Waals surface area contributed by atoms with Crippen LogP contribution < -0.4 is 5.32 Å². The van der Waals surface area contributed by atoms with Crippen molar-refractivity contribution in [2.24, 2.45) is 0 Å². The number of amides is 2. The van der Waals surface area contributed by atoms with E-state index >= 15 is 0 Å². The first kappa shape index (κ1) is 24.3. The van der Waals surface area contributed by atoms with E-state index in [1.807, 2.05) is 18.4 Å². The molecule has 9 heteroatoms. The standard InChI is InChI=1S/C18H26N2O4S2.Rh/c1-3-4-5-6-7-8-9-12-10-26-17-14(19-13(21)11-25-2)16(22)20(17)15(12)18(23)24;/h8-9,14,17H,3-7,10-11H2,1-2H3,(H,19,21)(H,23,24);/t14?,17-;/m1./s1. The summed E-state index contributed by atoms with van der Waals surface area (Å²) in [4.78, 5) is 37.2. The number of aliphatic carboxylic acids is 1. The molecule has 2 aliphatic heterocycles. The average Bonchev–Trinajstić information content (AvgIpc) is 2.62. The predicted octanol–water partition coefficient (Wildman–Crippen LogP) is 2.61.